The lowest BCUT2D eigenvalue weighted by Crippen LogP contribution is -2.06. The first kappa shape index (κ1) is 31.2. The lowest BCUT2D eigenvalue weighted by Gasteiger charge is -2.11. The third kappa shape index (κ3) is 4.35. The third-order valence-corrected chi connectivity index (χ3v) is 11.6. The Morgan fingerprint density at radius 1 is 0.328 bits per heavy atom. The summed E-state index contributed by atoms with van der Waals surface area (Å²) in [5, 5.41) is 8.62. The normalized spacial score (nSPS) is 12.1. The maximum absolute atomic E-state index is 6.56. The monoisotopic (exact) mass is 743 g/mol. The second-order valence-electron chi connectivity index (χ2n) is 14.8. The molecular formula is C51H29N5O2. The van der Waals surface area contributed by atoms with Crippen molar-refractivity contribution in [2.75, 3.05) is 0 Å². The number of benzene rings is 8. The van der Waals surface area contributed by atoms with Gasteiger partial charge < -0.3 is 13.4 Å². The molecule has 0 unspecified atom stereocenters. The van der Waals surface area contributed by atoms with E-state index in [1.165, 1.54) is 5.39 Å². The van der Waals surface area contributed by atoms with E-state index >= 15 is 0 Å². The van der Waals surface area contributed by atoms with Gasteiger partial charge in [0, 0.05) is 48.8 Å². The summed E-state index contributed by atoms with van der Waals surface area (Å²) < 4.78 is 17.7. The van der Waals surface area contributed by atoms with Gasteiger partial charge in [0.2, 0.25) is 5.95 Å². The molecule has 7 heteroatoms. The van der Waals surface area contributed by atoms with Gasteiger partial charge in [-0.05, 0) is 60.7 Å². The Kier molecular flexibility index (Phi) is 6.32. The van der Waals surface area contributed by atoms with E-state index in [-0.39, 0.29) is 0 Å². The molecular weight excluding hydrogens is 715 g/mol. The minimum absolute atomic E-state index is 0.499. The minimum Gasteiger partial charge on any atom is -0.455 e. The van der Waals surface area contributed by atoms with Crippen molar-refractivity contribution in [1.29, 1.82) is 0 Å². The zero-order chi connectivity index (χ0) is 37.9. The van der Waals surface area contributed by atoms with Gasteiger partial charge in [0.05, 0.1) is 33.2 Å². The van der Waals surface area contributed by atoms with E-state index in [0.29, 0.717) is 17.6 Å². The van der Waals surface area contributed by atoms with E-state index in [4.69, 9.17) is 23.8 Å². The molecule has 0 fully saturated rings. The van der Waals surface area contributed by atoms with E-state index in [2.05, 4.69) is 124 Å². The molecule has 0 aliphatic rings. The summed E-state index contributed by atoms with van der Waals surface area (Å²) in [6.07, 6.45) is 0. The van der Waals surface area contributed by atoms with Crippen LogP contribution in [0.1, 0.15) is 0 Å². The fourth-order valence-corrected chi connectivity index (χ4v) is 9.05. The van der Waals surface area contributed by atoms with Crippen molar-refractivity contribution in [2.45, 2.75) is 0 Å². The Morgan fingerprint density at radius 3 is 1.34 bits per heavy atom. The van der Waals surface area contributed by atoms with Gasteiger partial charge in [-0.15, -0.1) is 0 Å². The highest BCUT2D eigenvalue weighted by Gasteiger charge is 2.24. The van der Waals surface area contributed by atoms with Gasteiger partial charge >= 0.3 is 0 Å². The Balaban J connectivity index is 1.15. The van der Waals surface area contributed by atoms with Crippen LogP contribution in [-0.4, -0.2) is 24.1 Å². The number of hydrogen-bond acceptors (Lipinski definition) is 5. The Hall–Kier alpha value is -8.03. The summed E-state index contributed by atoms with van der Waals surface area (Å²) >= 11 is 0. The van der Waals surface area contributed by atoms with Gasteiger partial charge in [-0.2, -0.15) is 9.97 Å². The molecule has 0 N–H and O–H groups in total. The van der Waals surface area contributed by atoms with Gasteiger partial charge in [0.1, 0.15) is 22.3 Å². The minimum atomic E-state index is 0.499. The zero-order valence-electron chi connectivity index (χ0n) is 30.8. The largest absolute Gasteiger partial charge is 0.455 e. The van der Waals surface area contributed by atoms with E-state index in [0.717, 1.165) is 98.9 Å². The highest BCUT2D eigenvalue weighted by Crippen LogP contribution is 2.41. The average Bonchev–Trinajstić information content (AvgIpc) is 4.03. The summed E-state index contributed by atoms with van der Waals surface area (Å²) in [6, 6.07) is 60.9. The summed E-state index contributed by atoms with van der Waals surface area (Å²) in [6.45, 7) is 0. The third-order valence-electron chi connectivity index (χ3n) is 11.6. The number of furan rings is 2. The van der Waals surface area contributed by atoms with Crippen LogP contribution in [0.2, 0.25) is 0 Å². The first-order valence-corrected chi connectivity index (χ1v) is 19.4. The van der Waals surface area contributed by atoms with E-state index in [9.17, 15) is 0 Å². The van der Waals surface area contributed by atoms with Crippen molar-refractivity contribution in [3.05, 3.63) is 176 Å². The molecule has 7 nitrogen and oxygen atoms in total. The van der Waals surface area contributed by atoms with Crippen molar-refractivity contribution < 1.29 is 8.83 Å². The van der Waals surface area contributed by atoms with Crippen LogP contribution in [0.25, 0.3) is 122 Å². The summed E-state index contributed by atoms with van der Waals surface area (Å²) in [7, 11) is 0. The second kappa shape index (κ2) is 11.7. The molecule has 0 spiro atoms. The molecule has 5 heterocycles. The molecule has 13 rings (SSSR count). The van der Waals surface area contributed by atoms with Crippen molar-refractivity contribution in [3.63, 3.8) is 0 Å². The van der Waals surface area contributed by atoms with Gasteiger partial charge in [0.15, 0.2) is 11.6 Å². The number of para-hydroxylation sites is 7. The Bertz CT molecular complexity index is 3680. The van der Waals surface area contributed by atoms with Crippen LogP contribution in [0.5, 0.6) is 0 Å². The maximum atomic E-state index is 6.56. The lowest BCUT2D eigenvalue weighted by atomic mass is 10.1. The number of hydrogen-bond donors (Lipinski definition) is 0. The number of aromatic nitrogens is 5. The van der Waals surface area contributed by atoms with Gasteiger partial charge in [-0.1, -0.05) is 115 Å². The summed E-state index contributed by atoms with van der Waals surface area (Å²) in [5.74, 6) is 1.51. The molecule has 58 heavy (non-hydrogen) atoms. The van der Waals surface area contributed by atoms with Crippen molar-refractivity contribution in [3.8, 4) is 34.4 Å². The quantitative estimate of drug-likeness (QED) is 0.179. The molecule has 270 valence electrons. The lowest BCUT2D eigenvalue weighted by molar-refractivity contribution is 0.669. The molecule has 0 bridgehead atoms. The van der Waals surface area contributed by atoms with Gasteiger partial charge in [-0.3, -0.25) is 4.57 Å². The molecule has 13 aromatic rings. The number of nitrogens with zero attached hydrogens (tertiary/aromatic N) is 5. The molecule has 5 aromatic heterocycles. The van der Waals surface area contributed by atoms with Crippen molar-refractivity contribution in [1.82, 2.24) is 24.1 Å². The fourth-order valence-electron chi connectivity index (χ4n) is 9.05. The predicted octanol–water partition coefficient (Wildman–Crippen LogP) is 13.2. The molecule has 0 aliphatic heterocycles. The average molecular weight is 744 g/mol. The topological polar surface area (TPSA) is 74.8 Å². The number of rotatable bonds is 4. The SMILES string of the molecule is c1ccc(-n2c3ccccc3c3cc4c(cc32)c2ccccc2n4-c2nc(-c3cccc4c3oc3ccccc34)nc(-c3cccc4c3oc3ccccc34)n2)cc1. The predicted molar refractivity (Wildman–Crippen MR) is 234 cm³/mol. The van der Waals surface area contributed by atoms with E-state index in [1.807, 2.05) is 60.7 Å². The van der Waals surface area contributed by atoms with Crippen LogP contribution >= 0.6 is 0 Å². The van der Waals surface area contributed by atoms with Crippen molar-refractivity contribution >= 4 is 87.5 Å². The van der Waals surface area contributed by atoms with Crippen LogP contribution in [0.4, 0.5) is 0 Å². The van der Waals surface area contributed by atoms with Crippen molar-refractivity contribution in [2.24, 2.45) is 0 Å². The molecule has 0 saturated heterocycles. The molecule has 0 radical (unpaired) electrons. The Morgan fingerprint density at radius 2 is 0.776 bits per heavy atom. The number of fused-ring (bicyclic) bond motifs is 12. The summed E-state index contributed by atoms with van der Waals surface area (Å²) in [4.78, 5) is 16.0. The second-order valence-corrected chi connectivity index (χ2v) is 14.8. The van der Waals surface area contributed by atoms with Crippen LogP contribution in [0.3, 0.4) is 0 Å². The van der Waals surface area contributed by atoms with E-state index in [1.54, 1.807) is 0 Å². The summed E-state index contributed by atoms with van der Waals surface area (Å²) in [5.41, 5.74) is 10.0. The molecule has 0 atom stereocenters. The molecule has 8 aromatic carbocycles. The Labute approximate surface area is 329 Å². The maximum Gasteiger partial charge on any atom is 0.238 e. The standard InChI is InChI=1S/C51H29N5O2/c1-2-14-30(15-3-1)55-41-24-8-4-16-31(41)39-29-44-40(28-43(39)55)32-17-5-9-25-42(32)56(44)51-53-49(37-22-12-20-35-33-18-6-10-26-45(33)57-47(35)37)52-50(54-51)38-23-13-21-36-34-19-7-11-27-46(34)58-48(36)38/h1-29H. The van der Waals surface area contributed by atoms with Gasteiger partial charge in [0.25, 0.3) is 0 Å². The fraction of sp³-hybridized carbons (Fsp3) is 0. The highest BCUT2D eigenvalue weighted by molar-refractivity contribution is 6.19. The van der Waals surface area contributed by atoms with Crippen LogP contribution in [-0.2, 0) is 0 Å². The van der Waals surface area contributed by atoms with Crippen LogP contribution < -0.4 is 0 Å². The zero-order valence-corrected chi connectivity index (χ0v) is 30.8. The van der Waals surface area contributed by atoms with E-state index < -0.39 is 0 Å². The molecule has 0 aliphatic carbocycles. The molecule has 0 saturated carbocycles. The highest BCUT2D eigenvalue weighted by atomic mass is 16.3. The van der Waals surface area contributed by atoms with Crippen LogP contribution in [0.15, 0.2) is 185 Å². The molecule has 0 amide bonds. The van der Waals surface area contributed by atoms with Gasteiger partial charge in [-0.25, -0.2) is 4.98 Å². The van der Waals surface area contributed by atoms with Crippen LogP contribution in [0, 0.1) is 0 Å². The first-order valence-electron chi connectivity index (χ1n) is 19.4. The smallest absolute Gasteiger partial charge is 0.238 e. The first-order chi connectivity index (χ1) is 28.8.